The van der Waals surface area contributed by atoms with Crippen LogP contribution in [0.4, 0.5) is 17.3 Å². The standard InChI is InChI=1S/C22H22N8O/c1-16-14-20(30-22(26-16)24-15-25-30)27-18-7-5-17(6-8-18)21(31)29-12-10-28(11-13-29)19-4-2-3-9-23-19/h2-9,14-15,27H,10-13H2,1H3. The Morgan fingerprint density at radius 3 is 2.55 bits per heavy atom. The van der Waals surface area contributed by atoms with Crippen molar-refractivity contribution >= 4 is 29.0 Å². The van der Waals surface area contributed by atoms with Crippen LogP contribution >= 0.6 is 0 Å². The minimum Gasteiger partial charge on any atom is -0.353 e. The van der Waals surface area contributed by atoms with Gasteiger partial charge in [0.1, 0.15) is 18.0 Å². The molecule has 1 aliphatic rings. The summed E-state index contributed by atoms with van der Waals surface area (Å²) in [6, 6.07) is 15.3. The minimum atomic E-state index is 0.0469. The van der Waals surface area contributed by atoms with Gasteiger partial charge in [0.25, 0.3) is 11.7 Å². The van der Waals surface area contributed by atoms with Crippen LogP contribution < -0.4 is 10.2 Å². The lowest BCUT2D eigenvalue weighted by atomic mass is 10.1. The van der Waals surface area contributed by atoms with Crippen molar-refractivity contribution in [2.45, 2.75) is 6.92 Å². The maximum atomic E-state index is 12.9. The monoisotopic (exact) mass is 414 g/mol. The molecule has 0 aliphatic carbocycles. The zero-order valence-electron chi connectivity index (χ0n) is 17.1. The summed E-state index contributed by atoms with van der Waals surface area (Å²) in [5.41, 5.74) is 2.38. The van der Waals surface area contributed by atoms with Crippen LogP contribution in [0.2, 0.25) is 0 Å². The van der Waals surface area contributed by atoms with Gasteiger partial charge in [0, 0.05) is 55.4 Å². The van der Waals surface area contributed by atoms with Crippen molar-refractivity contribution in [2.75, 3.05) is 36.4 Å². The molecule has 0 spiro atoms. The molecule has 4 heterocycles. The average molecular weight is 414 g/mol. The summed E-state index contributed by atoms with van der Waals surface area (Å²) in [6.45, 7) is 4.82. The highest BCUT2D eigenvalue weighted by Crippen LogP contribution is 2.20. The summed E-state index contributed by atoms with van der Waals surface area (Å²) < 4.78 is 1.65. The number of aryl methyl sites for hydroxylation is 1. The number of carbonyl (C=O) groups is 1. The van der Waals surface area contributed by atoms with Gasteiger partial charge in [-0.2, -0.15) is 14.6 Å². The fourth-order valence-electron chi connectivity index (χ4n) is 3.73. The lowest BCUT2D eigenvalue weighted by molar-refractivity contribution is 0.0746. The third-order valence-electron chi connectivity index (χ3n) is 5.32. The summed E-state index contributed by atoms with van der Waals surface area (Å²) in [5, 5.41) is 7.53. The van der Waals surface area contributed by atoms with Crippen molar-refractivity contribution in [3.8, 4) is 0 Å². The van der Waals surface area contributed by atoms with Crippen LogP contribution in [0.3, 0.4) is 0 Å². The van der Waals surface area contributed by atoms with Crippen LogP contribution in [-0.2, 0) is 0 Å². The highest BCUT2D eigenvalue weighted by Gasteiger charge is 2.22. The number of piperazine rings is 1. The molecule has 3 aromatic heterocycles. The number of pyridine rings is 1. The molecule has 1 aromatic carbocycles. The number of nitrogens with one attached hydrogen (secondary N) is 1. The Labute approximate surface area is 179 Å². The zero-order chi connectivity index (χ0) is 21.2. The van der Waals surface area contributed by atoms with E-state index in [1.807, 2.05) is 60.4 Å². The molecule has 1 amide bonds. The molecule has 4 aromatic rings. The third-order valence-corrected chi connectivity index (χ3v) is 5.32. The minimum absolute atomic E-state index is 0.0469. The molecule has 156 valence electrons. The van der Waals surface area contributed by atoms with E-state index in [0.29, 0.717) is 24.4 Å². The molecule has 0 unspecified atom stereocenters. The van der Waals surface area contributed by atoms with Gasteiger partial charge >= 0.3 is 0 Å². The van der Waals surface area contributed by atoms with Crippen LogP contribution in [0.15, 0.2) is 61.1 Å². The molecule has 0 saturated carbocycles. The summed E-state index contributed by atoms with van der Waals surface area (Å²) in [4.78, 5) is 29.9. The number of hydrogen-bond donors (Lipinski definition) is 1. The van der Waals surface area contributed by atoms with Crippen molar-refractivity contribution in [1.29, 1.82) is 0 Å². The Balaban J connectivity index is 1.25. The Morgan fingerprint density at radius 2 is 1.81 bits per heavy atom. The molecule has 0 atom stereocenters. The normalized spacial score (nSPS) is 14.1. The van der Waals surface area contributed by atoms with Crippen LogP contribution in [0.25, 0.3) is 5.78 Å². The Bertz CT molecular complexity index is 1200. The highest BCUT2D eigenvalue weighted by atomic mass is 16.2. The van der Waals surface area contributed by atoms with Gasteiger partial charge in [0.05, 0.1) is 0 Å². The molecule has 31 heavy (non-hydrogen) atoms. The Kier molecular flexibility index (Phi) is 4.91. The fourth-order valence-corrected chi connectivity index (χ4v) is 3.73. The van der Waals surface area contributed by atoms with Gasteiger partial charge in [-0.3, -0.25) is 4.79 Å². The lowest BCUT2D eigenvalue weighted by Crippen LogP contribution is -2.49. The number of anilines is 3. The number of amides is 1. The number of fused-ring (bicyclic) bond motifs is 1. The van der Waals surface area contributed by atoms with E-state index in [1.54, 1.807) is 10.7 Å². The van der Waals surface area contributed by atoms with E-state index in [1.165, 1.54) is 6.33 Å². The van der Waals surface area contributed by atoms with E-state index in [0.717, 1.165) is 36.1 Å². The van der Waals surface area contributed by atoms with Crippen LogP contribution in [0.1, 0.15) is 16.1 Å². The van der Waals surface area contributed by atoms with E-state index >= 15 is 0 Å². The first-order valence-electron chi connectivity index (χ1n) is 10.2. The van der Waals surface area contributed by atoms with E-state index in [-0.39, 0.29) is 5.91 Å². The van der Waals surface area contributed by atoms with Crippen LogP contribution in [-0.4, -0.2) is 61.6 Å². The topological polar surface area (TPSA) is 91.6 Å². The largest absolute Gasteiger partial charge is 0.353 e. The molecule has 0 radical (unpaired) electrons. The van der Waals surface area contributed by atoms with Crippen LogP contribution in [0.5, 0.6) is 0 Å². The molecule has 5 rings (SSSR count). The van der Waals surface area contributed by atoms with Gasteiger partial charge in [-0.25, -0.2) is 9.97 Å². The summed E-state index contributed by atoms with van der Waals surface area (Å²) in [7, 11) is 0. The molecule has 1 aliphatic heterocycles. The second-order valence-electron chi connectivity index (χ2n) is 7.42. The van der Waals surface area contributed by atoms with Crippen molar-refractivity contribution in [2.24, 2.45) is 0 Å². The number of hydrogen-bond acceptors (Lipinski definition) is 7. The number of carbonyl (C=O) groups excluding carboxylic acids is 1. The Morgan fingerprint density at radius 1 is 1.00 bits per heavy atom. The van der Waals surface area contributed by atoms with Gasteiger partial charge in [-0.05, 0) is 43.3 Å². The summed E-state index contributed by atoms with van der Waals surface area (Å²) >= 11 is 0. The van der Waals surface area contributed by atoms with Crippen molar-refractivity contribution in [3.63, 3.8) is 0 Å². The van der Waals surface area contributed by atoms with Crippen molar-refractivity contribution < 1.29 is 4.79 Å². The second-order valence-corrected chi connectivity index (χ2v) is 7.42. The molecule has 1 fully saturated rings. The first kappa shape index (κ1) is 19.0. The zero-order valence-corrected chi connectivity index (χ0v) is 17.1. The summed E-state index contributed by atoms with van der Waals surface area (Å²) in [6.07, 6.45) is 3.27. The maximum absolute atomic E-state index is 12.9. The quantitative estimate of drug-likeness (QED) is 0.549. The molecular formula is C22H22N8O. The van der Waals surface area contributed by atoms with Gasteiger partial charge in [-0.15, -0.1) is 0 Å². The van der Waals surface area contributed by atoms with Gasteiger partial charge in [0.2, 0.25) is 0 Å². The number of aromatic nitrogens is 5. The average Bonchev–Trinajstić information content (AvgIpc) is 3.28. The lowest BCUT2D eigenvalue weighted by Gasteiger charge is -2.35. The second kappa shape index (κ2) is 8.02. The van der Waals surface area contributed by atoms with E-state index in [2.05, 4.69) is 30.3 Å². The molecule has 0 bridgehead atoms. The predicted molar refractivity (Wildman–Crippen MR) is 118 cm³/mol. The van der Waals surface area contributed by atoms with Crippen molar-refractivity contribution in [3.05, 3.63) is 72.3 Å². The number of nitrogens with zero attached hydrogens (tertiary/aromatic N) is 7. The van der Waals surface area contributed by atoms with Gasteiger partial charge in [0.15, 0.2) is 0 Å². The van der Waals surface area contributed by atoms with E-state index in [9.17, 15) is 4.79 Å². The maximum Gasteiger partial charge on any atom is 0.254 e. The number of rotatable bonds is 4. The van der Waals surface area contributed by atoms with Crippen LogP contribution in [0, 0.1) is 6.92 Å². The SMILES string of the molecule is Cc1cc(Nc2ccc(C(=O)N3CCN(c4ccccn4)CC3)cc2)n2ncnc2n1. The first-order chi connectivity index (χ1) is 15.2. The Hall–Kier alpha value is -4.01. The molecular weight excluding hydrogens is 392 g/mol. The van der Waals surface area contributed by atoms with E-state index < -0.39 is 0 Å². The molecule has 1 N–H and O–H groups in total. The number of benzene rings is 1. The van der Waals surface area contributed by atoms with Gasteiger partial charge in [-0.1, -0.05) is 6.07 Å². The molecule has 9 heteroatoms. The molecule has 1 saturated heterocycles. The molecule has 9 nitrogen and oxygen atoms in total. The smallest absolute Gasteiger partial charge is 0.254 e. The first-order valence-corrected chi connectivity index (χ1v) is 10.2. The van der Waals surface area contributed by atoms with E-state index in [4.69, 9.17) is 0 Å². The predicted octanol–water partition coefficient (Wildman–Crippen LogP) is 2.53. The third kappa shape index (κ3) is 3.89. The fraction of sp³-hybridized carbons (Fsp3) is 0.227. The van der Waals surface area contributed by atoms with Crippen molar-refractivity contribution in [1.82, 2.24) is 29.5 Å². The van der Waals surface area contributed by atoms with Gasteiger partial charge < -0.3 is 15.1 Å². The highest BCUT2D eigenvalue weighted by molar-refractivity contribution is 5.94. The summed E-state index contributed by atoms with van der Waals surface area (Å²) in [5.74, 6) is 2.31.